The average molecular weight is 517 g/mol. The van der Waals surface area contributed by atoms with E-state index in [1.165, 1.54) is 20.2 Å². The number of hydrogen-bond donors (Lipinski definition) is 0. The van der Waals surface area contributed by atoms with Crippen LogP contribution in [0.4, 0.5) is 0 Å². The molecule has 0 unspecified atom stereocenters. The van der Waals surface area contributed by atoms with E-state index in [0.29, 0.717) is 23.0 Å². The summed E-state index contributed by atoms with van der Waals surface area (Å²) in [4.78, 5) is 14.6. The van der Waals surface area contributed by atoms with Gasteiger partial charge in [0.25, 0.3) is 0 Å². The van der Waals surface area contributed by atoms with Crippen LogP contribution < -0.4 is 0 Å². The summed E-state index contributed by atoms with van der Waals surface area (Å²) >= 11 is 1.78. The van der Waals surface area contributed by atoms with E-state index in [0.717, 1.165) is 27.8 Å². The summed E-state index contributed by atoms with van der Waals surface area (Å²) in [6.07, 6.45) is 0. The van der Waals surface area contributed by atoms with Crippen LogP contribution in [0.2, 0.25) is 0 Å². The van der Waals surface area contributed by atoms with Crippen molar-refractivity contribution in [3.8, 4) is 51.4 Å². The second-order valence-electron chi connectivity index (χ2n) is 9.25. The zero-order chi connectivity index (χ0) is 26.2. The quantitative estimate of drug-likeness (QED) is 0.235. The third kappa shape index (κ3) is 4.33. The van der Waals surface area contributed by atoms with E-state index in [1.54, 1.807) is 11.3 Å². The summed E-state index contributed by atoms with van der Waals surface area (Å²) < 4.78 is 2.44. The second kappa shape index (κ2) is 9.60. The molecule has 39 heavy (non-hydrogen) atoms. The Labute approximate surface area is 229 Å². The maximum Gasteiger partial charge on any atom is 0.164 e. The van der Waals surface area contributed by atoms with E-state index >= 15 is 0 Å². The molecule has 0 aliphatic rings. The third-order valence-electron chi connectivity index (χ3n) is 6.77. The van der Waals surface area contributed by atoms with Crippen molar-refractivity contribution in [1.82, 2.24) is 15.0 Å². The highest BCUT2D eigenvalue weighted by Gasteiger charge is 2.14. The molecule has 7 aromatic rings. The Balaban J connectivity index is 1.39. The van der Waals surface area contributed by atoms with Crippen molar-refractivity contribution >= 4 is 31.5 Å². The Morgan fingerprint density at radius 3 is 1.46 bits per heavy atom. The highest BCUT2D eigenvalue weighted by atomic mass is 32.1. The minimum Gasteiger partial charge on any atom is -0.208 e. The largest absolute Gasteiger partial charge is 0.208 e. The van der Waals surface area contributed by atoms with Crippen LogP contribution in [0.5, 0.6) is 0 Å². The van der Waals surface area contributed by atoms with Crippen molar-refractivity contribution in [1.29, 1.82) is 5.26 Å². The molecule has 0 aliphatic heterocycles. The van der Waals surface area contributed by atoms with Gasteiger partial charge in [-0.1, -0.05) is 78.9 Å². The first-order valence-corrected chi connectivity index (χ1v) is 13.4. The molecule has 0 aliphatic carbocycles. The fourth-order valence-electron chi connectivity index (χ4n) is 4.77. The Bertz CT molecular complexity index is 1950. The lowest BCUT2D eigenvalue weighted by atomic mass is 10.0. The summed E-state index contributed by atoms with van der Waals surface area (Å²) in [5, 5.41) is 11.5. The molecular weight excluding hydrogens is 496 g/mol. The minimum atomic E-state index is 0.646. The van der Waals surface area contributed by atoms with Gasteiger partial charge in [0.2, 0.25) is 0 Å². The van der Waals surface area contributed by atoms with E-state index in [9.17, 15) is 0 Å². The highest BCUT2D eigenvalue weighted by molar-refractivity contribution is 7.25. The van der Waals surface area contributed by atoms with Crippen LogP contribution in [-0.4, -0.2) is 15.0 Å². The Kier molecular flexibility index (Phi) is 5.66. The lowest BCUT2D eigenvalue weighted by Crippen LogP contribution is -2.00. The van der Waals surface area contributed by atoms with Gasteiger partial charge in [-0.3, -0.25) is 0 Å². The number of nitriles is 1. The number of rotatable bonds is 4. The van der Waals surface area contributed by atoms with E-state index in [2.05, 4.69) is 42.5 Å². The van der Waals surface area contributed by atoms with Crippen LogP contribution in [0.3, 0.4) is 0 Å². The fourth-order valence-corrected chi connectivity index (χ4v) is 5.84. The molecule has 2 heterocycles. The third-order valence-corrected chi connectivity index (χ3v) is 7.93. The zero-order valence-corrected chi connectivity index (χ0v) is 21.6. The average Bonchev–Trinajstić information content (AvgIpc) is 3.39. The molecule has 0 fully saturated rings. The van der Waals surface area contributed by atoms with Crippen molar-refractivity contribution < 1.29 is 0 Å². The van der Waals surface area contributed by atoms with Gasteiger partial charge in [-0.15, -0.1) is 11.3 Å². The molecule has 182 valence electrons. The maximum absolute atomic E-state index is 9.15. The van der Waals surface area contributed by atoms with Gasteiger partial charge in [-0.2, -0.15) is 5.26 Å². The summed E-state index contributed by atoms with van der Waals surface area (Å²) in [6, 6.07) is 43.0. The van der Waals surface area contributed by atoms with Crippen molar-refractivity contribution in [2.45, 2.75) is 0 Å². The van der Waals surface area contributed by atoms with Crippen LogP contribution in [-0.2, 0) is 0 Å². The molecule has 5 heteroatoms. The van der Waals surface area contributed by atoms with E-state index < -0.39 is 0 Å². The molecule has 0 saturated carbocycles. The number of hydrogen-bond acceptors (Lipinski definition) is 5. The number of fused-ring (bicyclic) bond motifs is 3. The standard InChI is InChI=1S/C34H20N4S/c35-21-22-11-13-23(14-12-22)26-15-17-30-28(19-26)29-20-27(16-18-31(29)39-30)34-37-32(24-7-3-1-4-8-24)36-33(38-34)25-9-5-2-6-10-25/h1-20H. The summed E-state index contributed by atoms with van der Waals surface area (Å²) in [5.74, 6) is 1.95. The highest BCUT2D eigenvalue weighted by Crippen LogP contribution is 2.38. The molecule has 0 N–H and O–H groups in total. The van der Waals surface area contributed by atoms with E-state index in [1.807, 2.05) is 84.9 Å². The topological polar surface area (TPSA) is 62.5 Å². The molecule has 0 radical (unpaired) electrons. The van der Waals surface area contributed by atoms with E-state index in [4.69, 9.17) is 20.2 Å². The molecule has 7 rings (SSSR count). The van der Waals surface area contributed by atoms with Crippen molar-refractivity contribution in [2.24, 2.45) is 0 Å². The summed E-state index contributed by atoms with van der Waals surface area (Å²) in [7, 11) is 0. The van der Waals surface area contributed by atoms with Crippen LogP contribution in [0.1, 0.15) is 5.56 Å². The van der Waals surface area contributed by atoms with Gasteiger partial charge in [0.15, 0.2) is 17.5 Å². The summed E-state index contributed by atoms with van der Waals surface area (Å²) in [6.45, 7) is 0. The molecule has 0 bridgehead atoms. The molecule has 4 nitrogen and oxygen atoms in total. The van der Waals surface area contributed by atoms with Crippen LogP contribution in [0.25, 0.3) is 65.5 Å². The van der Waals surface area contributed by atoms with Crippen molar-refractivity contribution in [3.05, 3.63) is 127 Å². The van der Waals surface area contributed by atoms with Gasteiger partial charge in [-0.25, -0.2) is 15.0 Å². The smallest absolute Gasteiger partial charge is 0.164 e. The Morgan fingerprint density at radius 1 is 0.462 bits per heavy atom. The van der Waals surface area contributed by atoms with Gasteiger partial charge in [0, 0.05) is 36.9 Å². The predicted molar refractivity (Wildman–Crippen MR) is 159 cm³/mol. The lowest BCUT2D eigenvalue weighted by molar-refractivity contribution is 1.07. The second-order valence-corrected chi connectivity index (χ2v) is 10.3. The molecule has 0 amide bonds. The normalized spacial score (nSPS) is 11.1. The number of nitrogens with zero attached hydrogens (tertiary/aromatic N) is 4. The molecule has 2 aromatic heterocycles. The van der Waals surface area contributed by atoms with Gasteiger partial charge >= 0.3 is 0 Å². The molecule has 0 saturated heterocycles. The lowest BCUT2D eigenvalue weighted by Gasteiger charge is -2.08. The molecular formula is C34H20N4S. The molecule has 0 spiro atoms. The molecule has 0 atom stereocenters. The zero-order valence-electron chi connectivity index (χ0n) is 20.7. The van der Waals surface area contributed by atoms with Crippen molar-refractivity contribution in [3.63, 3.8) is 0 Å². The number of aromatic nitrogens is 3. The van der Waals surface area contributed by atoms with Crippen LogP contribution in [0.15, 0.2) is 121 Å². The van der Waals surface area contributed by atoms with Gasteiger partial charge < -0.3 is 0 Å². The first kappa shape index (κ1) is 23.0. The number of thiophene rings is 1. The maximum atomic E-state index is 9.15. The predicted octanol–water partition coefficient (Wildman–Crippen LogP) is 8.78. The van der Waals surface area contributed by atoms with Crippen LogP contribution >= 0.6 is 11.3 Å². The van der Waals surface area contributed by atoms with Gasteiger partial charge in [-0.05, 0) is 53.6 Å². The first-order valence-electron chi connectivity index (χ1n) is 12.6. The first-order chi connectivity index (χ1) is 19.2. The van der Waals surface area contributed by atoms with Crippen LogP contribution in [0, 0.1) is 11.3 Å². The Morgan fingerprint density at radius 2 is 0.923 bits per heavy atom. The summed E-state index contributed by atoms with van der Waals surface area (Å²) in [5.41, 5.74) is 5.72. The minimum absolute atomic E-state index is 0.646. The SMILES string of the molecule is N#Cc1ccc(-c2ccc3sc4ccc(-c5nc(-c6ccccc6)nc(-c6ccccc6)n5)cc4c3c2)cc1. The molecule has 5 aromatic carbocycles. The number of benzene rings is 5. The van der Waals surface area contributed by atoms with E-state index in [-0.39, 0.29) is 0 Å². The van der Waals surface area contributed by atoms with Gasteiger partial charge in [0.1, 0.15) is 0 Å². The van der Waals surface area contributed by atoms with Gasteiger partial charge in [0.05, 0.1) is 11.6 Å². The monoisotopic (exact) mass is 516 g/mol. The van der Waals surface area contributed by atoms with Crippen molar-refractivity contribution in [2.75, 3.05) is 0 Å². The Hall–Kier alpha value is -5.18. The fraction of sp³-hybridized carbons (Fsp3) is 0.